The first-order chi connectivity index (χ1) is 23.4. The van der Waals surface area contributed by atoms with Gasteiger partial charge >= 0.3 is 29.9 Å². The standard InChI is InChI=1S/C37H36N2O9/c40-33(29-13-5-1-6-14-29)45-25-21-38(22-26-46-34(41)30-15-7-2-8-16-30)37(44)39(23-27-47-35(42)31-17-9-3-10-18-31)24-28-48-36(43)32-19-11-4-12-20-32/h1-20H,21-28H2. The summed E-state index contributed by atoms with van der Waals surface area (Å²) in [5.74, 6) is -2.24. The van der Waals surface area contributed by atoms with Crippen LogP contribution >= 0.6 is 0 Å². The summed E-state index contributed by atoms with van der Waals surface area (Å²) in [7, 11) is 0. The second-order valence-electron chi connectivity index (χ2n) is 10.3. The van der Waals surface area contributed by atoms with Crippen LogP contribution in [-0.4, -0.2) is 92.3 Å². The van der Waals surface area contributed by atoms with Crippen molar-refractivity contribution in [1.29, 1.82) is 0 Å². The Morgan fingerprint density at radius 1 is 0.354 bits per heavy atom. The number of amides is 2. The zero-order valence-electron chi connectivity index (χ0n) is 26.3. The largest absolute Gasteiger partial charge is 0.460 e. The molecule has 0 aliphatic rings. The Hall–Kier alpha value is -5.97. The maximum Gasteiger partial charge on any atom is 0.338 e. The minimum atomic E-state index is -0.559. The third-order valence-electron chi connectivity index (χ3n) is 6.96. The highest BCUT2D eigenvalue weighted by Crippen LogP contribution is 2.08. The molecule has 0 N–H and O–H groups in total. The first kappa shape index (κ1) is 34.9. The minimum absolute atomic E-state index is 0.0373. The number of ether oxygens (including phenoxy) is 4. The van der Waals surface area contributed by atoms with Crippen LogP contribution in [0.15, 0.2) is 121 Å². The highest BCUT2D eigenvalue weighted by molar-refractivity contribution is 5.90. The average Bonchev–Trinajstić information content (AvgIpc) is 3.14. The van der Waals surface area contributed by atoms with E-state index in [9.17, 15) is 24.0 Å². The van der Waals surface area contributed by atoms with Gasteiger partial charge in [0.05, 0.1) is 48.4 Å². The summed E-state index contributed by atoms with van der Waals surface area (Å²) in [6, 6.07) is 33.2. The van der Waals surface area contributed by atoms with Crippen molar-refractivity contribution in [3.63, 3.8) is 0 Å². The Morgan fingerprint density at radius 2 is 0.562 bits per heavy atom. The summed E-state index contributed by atoms with van der Waals surface area (Å²) >= 11 is 0. The van der Waals surface area contributed by atoms with Crippen molar-refractivity contribution in [3.05, 3.63) is 144 Å². The summed E-state index contributed by atoms with van der Waals surface area (Å²) in [5, 5.41) is 0. The SMILES string of the molecule is O=C(OCCN(CCOC(=O)c1ccccc1)C(=O)N(CCOC(=O)c1ccccc1)CCOC(=O)c1ccccc1)c1ccccc1. The number of benzene rings is 4. The predicted octanol–water partition coefficient (Wildman–Crippen LogP) is 5.14. The summed E-state index contributed by atoms with van der Waals surface area (Å²) in [5.41, 5.74) is 1.42. The number of hydrogen-bond acceptors (Lipinski definition) is 9. The molecule has 4 aromatic carbocycles. The Balaban J connectivity index is 1.43. The third kappa shape index (κ3) is 11.1. The lowest BCUT2D eigenvalue weighted by molar-refractivity contribution is 0.0357. The van der Waals surface area contributed by atoms with E-state index in [1.807, 2.05) is 0 Å². The molecule has 0 saturated carbocycles. The molecule has 0 heterocycles. The van der Waals surface area contributed by atoms with Gasteiger partial charge < -0.3 is 28.7 Å². The molecule has 0 atom stereocenters. The number of esters is 4. The molecule has 11 heteroatoms. The van der Waals surface area contributed by atoms with Crippen LogP contribution in [-0.2, 0) is 18.9 Å². The fourth-order valence-electron chi connectivity index (χ4n) is 4.43. The lowest BCUT2D eigenvalue weighted by Gasteiger charge is -2.30. The van der Waals surface area contributed by atoms with E-state index >= 15 is 0 Å². The molecule has 0 fully saturated rings. The Labute approximate surface area is 278 Å². The average molecular weight is 653 g/mol. The lowest BCUT2D eigenvalue weighted by atomic mass is 10.2. The first-order valence-electron chi connectivity index (χ1n) is 15.3. The van der Waals surface area contributed by atoms with Crippen molar-refractivity contribution in [2.75, 3.05) is 52.6 Å². The Bertz CT molecular complexity index is 1380. The van der Waals surface area contributed by atoms with Gasteiger partial charge in [-0.1, -0.05) is 72.8 Å². The van der Waals surface area contributed by atoms with Gasteiger partial charge in [0.15, 0.2) is 0 Å². The summed E-state index contributed by atoms with van der Waals surface area (Å²) in [4.78, 5) is 66.8. The maximum atomic E-state index is 13.9. The number of carbonyl (C=O) groups excluding carboxylic acids is 5. The summed E-state index contributed by atoms with van der Waals surface area (Å²) < 4.78 is 21.6. The second-order valence-corrected chi connectivity index (χ2v) is 10.3. The Morgan fingerprint density at radius 3 is 0.771 bits per heavy atom. The molecule has 0 aliphatic heterocycles. The van der Waals surface area contributed by atoms with Crippen LogP contribution in [0.1, 0.15) is 41.4 Å². The van der Waals surface area contributed by atoms with Crippen LogP contribution < -0.4 is 0 Å². The van der Waals surface area contributed by atoms with Gasteiger partial charge in [-0.3, -0.25) is 0 Å². The summed E-state index contributed by atoms with van der Waals surface area (Å²) in [6.07, 6.45) is 0. The smallest absolute Gasteiger partial charge is 0.338 e. The van der Waals surface area contributed by atoms with Gasteiger partial charge in [0.25, 0.3) is 0 Å². The number of carbonyl (C=O) groups is 5. The molecule has 0 bridgehead atoms. The fraction of sp³-hybridized carbons (Fsp3) is 0.216. The van der Waals surface area contributed by atoms with Gasteiger partial charge in [0.1, 0.15) is 26.4 Å². The zero-order chi connectivity index (χ0) is 34.0. The maximum absolute atomic E-state index is 13.9. The molecule has 2 amide bonds. The molecule has 0 aromatic heterocycles. The van der Waals surface area contributed by atoms with Gasteiger partial charge in [-0.05, 0) is 48.5 Å². The number of nitrogens with zero attached hydrogens (tertiary/aromatic N) is 2. The topological polar surface area (TPSA) is 129 Å². The molecule has 11 nitrogen and oxygen atoms in total. The molecule has 0 radical (unpaired) electrons. The van der Waals surface area contributed by atoms with Crippen molar-refractivity contribution < 1.29 is 42.9 Å². The second kappa shape index (κ2) is 18.9. The van der Waals surface area contributed by atoms with Gasteiger partial charge in [-0.15, -0.1) is 0 Å². The van der Waals surface area contributed by atoms with E-state index in [1.165, 1.54) is 9.80 Å². The van der Waals surface area contributed by atoms with E-state index in [-0.39, 0.29) is 52.6 Å². The number of urea groups is 1. The zero-order valence-corrected chi connectivity index (χ0v) is 26.3. The number of rotatable bonds is 16. The molecular weight excluding hydrogens is 616 g/mol. The molecule has 0 saturated heterocycles. The van der Waals surface area contributed by atoms with E-state index < -0.39 is 29.9 Å². The van der Waals surface area contributed by atoms with E-state index in [0.29, 0.717) is 22.3 Å². The van der Waals surface area contributed by atoms with Gasteiger partial charge in [0.2, 0.25) is 0 Å². The van der Waals surface area contributed by atoms with Crippen LogP contribution in [0.5, 0.6) is 0 Å². The highest BCUT2D eigenvalue weighted by Gasteiger charge is 2.23. The van der Waals surface area contributed by atoms with Crippen LogP contribution in [0.4, 0.5) is 4.79 Å². The van der Waals surface area contributed by atoms with Crippen LogP contribution in [0.25, 0.3) is 0 Å². The highest BCUT2D eigenvalue weighted by atomic mass is 16.5. The fourth-order valence-corrected chi connectivity index (χ4v) is 4.43. The molecule has 248 valence electrons. The third-order valence-corrected chi connectivity index (χ3v) is 6.96. The number of hydrogen-bond donors (Lipinski definition) is 0. The van der Waals surface area contributed by atoms with Crippen LogP contribution in [0, 0.1) is 0 Å². The lowest BCUT2D eigenvalue weighted by Crippen LogP contribution is -2.48. The van der Waals surface area contributed by atoms with Crippen LogP contribution in [0.2, 0.25) is 0 Å². The predicted molar refractivity (Wildman–Crippen MR) is 175 cm³/mol. The molecular formula is C37H36N2O9. The first-order valence-corrected chi connectivity index (χ1v) is 15.3. The van der Waals surface area contributed by atoms with E-state index in [0.717, 1.165) is 0 Å². The normalized spacial score (nSPS) is 10.3. The van der Waals surface area contributed by atoms with Crippen LogP contribution in [0.3, 0.4) is 0 Å². The minimum Gasteiger partial charge on any atom is -0.460 e. The quantitative estimate of drug-likeness (QED) is 0.119. The molecule has 0 aliphatic carbocycles. The molecule has 48 heavy (non-hydrogen) atoms. The summed E-state index contributed by atoms with van der Waals surface area (Å²) in [6.45, 7) is -0.737. The van der Waals surface area contributed by atoms with Crippen molar-refractivity contribution in [3.8, 4) is 0 Å². The molecule has 4 rings (SSSR count). The monoisotopic (exact) mass is 652 g/mol. The van der Waals surface area contributed by atoms with Crippen molar-refractivity contribution >= 4 is 29.9 Å². The molecule has 4 aromatic rings. The molecule has 0 unspecified atom stereocenters. The van der Waals surface area contributed by atoms with Gasteiger partial charge in [-0.2, -0.15) is 0 Å². The van der Waals surface area contributed by atoms with E-state index in [2.05, 4.69) is 0 Å². The van der Waals surface area contributed by atoms with Crippen molar-refractivity contribution in [2.24, 2.45) is 0 Å². The van der Waals surface area contributed by atoms with Crippen molar-refractivity contribution in [2.45, 2.75) is 0 Å². The van der Waals surface area contributed by atoms with E-state index in [4.69, 9.17) is 18.9 Å². The molecule has 0 spiro atoms. The van der Waals surface area contributed by atoms with Gasteiger partial charge in [0, 0.05) is 0 Å². The van der Waals surface area contributed by atoms with Crippen molar-refractivity contribution in [1.82, 2.24) is 9.80 Å². The van der Waals surface area contributed by atoms with E-state index in [1.54, 1.807) is 121 Å². The Kier molecular flexibility index (Phi) is 13.7. The van der Waals surface area contributed by atoms with Gasteiger partial charge in [-0.25, -0.2) is 24.0 Å².